The third-order valence-corrected chi connectivity index (χ3v) is 4.83. The normalized spacial score (nSPS) is 19.8. The lowest BCUT2D eigenvalue weighted by Crippen LogP contribution is -2.18. The highest BCUT2D eigenvalue weighted by atomic mass is 35.5. The molecule has 17 heavy (non-hydrogen) atoms. The highest BCUT2D eigenvalue weighted by molar-refractivity contribution is 7.99. The number of nitrogens with zero attached hydrogens (tertiary/aromatic N) is 2. The molecule has 0 radical (unpaired) electrons. The van der Waals surface area contributed by atoms with Crippen LogP contribution >= 0.6 is 23.4 Å². The Hall–Kier alpha value is -0.480. The summed E-state index contributed by atoms with van der Waals surface area (Å²) in [6.07, 6.45) is 1.44. The van der Waals surface area contributed by atoms with E-state index in [1.807, 2.05) is 30.3 Å². The molecule has 1 aliphatic heterocycles. The maximum atomic E-state index is 12.1. The maximum Gasteiger partial charge on any atom is 0.142 e. The number of ketones is 1. The van der Waals surface area contributed by atoms with Crippen molar-refractivity contribution in [2.45, 2.75) is 33.2 Å². The summed E-state index contributed by atoms with van der Waals surface area (Å²) in [5, 5.41) is 4.99. The van der Waals surface area contributed by atoms with Crippen molar-refractivity contribution >= 4 is 29.1 Å². The fourth-order valence-corrected chi connectivity index (χ4v) is 3.59. The number of hydrogen-bond acceptors (Lipinski definition) is 3. The Morgan fingerprint density at radius 2 is 2.41 bits per heavy atom. The second kappa shape index (κ2) is 5.44. The summed E-state index contributed by atoms with van der Waals surface area (Å²) in [5.41, 5.74) is 1.70. The molecule has 3 nitrogen and oxygen atoms in total. The van der Waals surface area contributed by atoms with E-state index < -0.39 is 0 Å². The molecule has 0 amide bonds. The van der Waals surface area contributed by atoms with Crippen molar-refractivity contribution in [2.24, 2.45) is 5.92 Å². The molecule has 0 aliphatic carbocycles. The Balaban J connectivity index is 2.14. The van der Waals surface area contributed by atoms with Crippen molar-refractivity contribution in [3.8, 4) is 0 Å². The first-order valence-electron chi connectivity index (χ1n) is 5.95. The van der Waals surface area contributed by atoms with Gasteiger partial charge in [-0.2, -0.15) is 16.9 Å². The van der Waals surface area contributed by atoms with E-state index in [-0.39, 0.29) is 5.92 Å². The van der Waals surface area contributed by atoms with Crippen LogP contribution in [0.25, 0.3) is 0 Å². The molecule has 2 heterocycles. The van der Waals surface area contributed by atoms with Gasteiger partial charge in [0.2, 0.25) is 0 Å². The molecule has 1 aromatic rings. The highest BCUT2D eigenvalue weighted by Crippen LogP contribution is 2.27. The van der Waals surface area contributed by atoms with E-state index in [1.54, 1.807) is 0 Å². The third kappa shape index (κ3) is 2.68. The van der Waals surface area contributed by atoms with Crippen LogP contribution < -0.4 is 0 Å². The zero-order valence-corrected chi connectivity index (χ0v) is 11.8. The van der Waals surface area contributed by atoms with Gasteiger partial charge in [0.05, 0.1) is 22.8 Å². The van der Waals surface area contributed by atoms with Gasteiger partial charge < -0.3 is 0 Å². The zero-order valence-electron chi connectivity index (χ0n) is 10.2. The quantitative estimate of drug-likeness (QED) is 0.845. The molecule has 2 rings (SSSR count). The van der Waals surface area contributed by atoms with Gasteiger partial charge in [-0.05, 0) is 26.0 Å². The van der Waals surface area contributed by atoms with Gasteiger partial charge in [0, 0.05) is 18.2 Å². The fraction of sp³-hybridized carbons (Fsp3) is 0.667. The predicted octanol–water partition coefficient (Wildman–Crippen LogP) is 2.73. The van der Waals surface area contributed by atoms with E-state index in [1.165, 1.54) is 0 Å². The van der Waals surface area contributed by atoms with E-state index in [0.29, 0.717) is 17.2 Å². The summed E-state index contributed by atoms with van der Waals surface area (Å²) >= 11 is 8.07. The summed E-state index contributed by atoms with van der Waals surface area (Å²) in [4.78, 5) is 12.1. The maximum absolute atomic E-state index is 12.1. The molecule has 1 saturated heterocycles. The van der Waals surface area contributed by atoms with Gasteiger partial charge in [-0.15, -0.1) is 0 Å². The molecule has 0 aromatic carbocycles. The van der Waals surface area contributed by atoms with Crippen LogP contribution in [-0.4, -0.2) is 27.1 Å². The van der Waals surface area contributed by atoms with Gasteiger partial charge in [-0.25, -0.2) is 0 Å². The topological polar surface area (TPSA) is 34.9 Å². The van der Waals surface area contributed by atoms with Crippen molar-refractivity contribution in [1.29, 1.82) is 0 Å². The summed E-state index contributed by atoms with van der Waals surface area (Å²) in [6, 6.07) is 0. The molecule has 94 valence electrons. The van der Waals surface area contributed by atoms with Crippen molar-refractivity contribution in [3.05, 3.63) is 16.4 Å². The van der Waals surface area contributed by atoms with E-state index in [4.69, 9.17) is 11.6 Å². The molecular weight excluding hydrogens is 256 g/mol. The number of halogens is 1. The number of rotatable bonds is 4. The highest BCUT2D eigenvalue weighted by Gasteiger charge is 2.25. The molecule has 1 unspecified atom stereocenters. The number of aromatic nitrogens is 2. The number of hydrogen-bond donors (Lipinski definition) is 0. The van der Waals surface area contributed by atoms with E-state index in [9.17, 15) is 4.79 Å². The molecule has 1 atom stereocenters. The number of aryl methyl sites for hydroxylation is 2. The average molecular weight is 273 g/mol. The van der Waals surface area contributed by atoms with Gasteiger partial charge in [-0.1, -0.05) is 11.6 Å². The molecule has 1 aromatic heterocycles. The van der Waals surface area contributed by atoms with E-state index in [0.717, 1.165) is 35.9 Å². The smallest absolute Gasteiger partial charge is 0.142 e. The Morgan fingerprint density at radius 1 is 1.65 bits per heavy atom. The molecular formula is C12H17ClN2OS. The van der Waals surface area contributed by atoms with E-state index >= 15 is 0 Å². The SMILES string of the molecule is CCn1nc(C)c(Cl)c1CC(=O)C1CCSC1. The predicted molar refractivity (Wildman–Crippen MR) is 71.8 cm³/mol. The largest absolute Gasteiger partial charge is 0.299 e. The van der Waals surface area contributed by atoms with Crippen molar-refractivity contribution in [1.82, 2.24) is 9.78 Å². The molecule has 5 heteroatoms. The fourth-order valence-electron chi connectivity index (χ4n) is 2.14. The first-order chi connectivity index (χ1) is 8.13. The minimum absolute atomic E-state index is 0.219. The van der Waals surface area contributed by atoms with Crippen LogP contribution in [0.1, 0.15) is 24.7 Å². The second-order valence-electron chi connectivity index (χ2n) is 4.37. The standard InChI is InChI=1S/C12H17ClN2OS/c1-3-15-10(12(13)8(2)14-15)6-11(16)9-4-5-17-7-9/h9H,3-7H2,1-2H3. The molecule has 1 aliphatic rings. The van der Waals surface area contributed by atoms with Crippen molar-refractivity contribution < 1.29 is 4.79 Å². The Labute approximate surface area is 111 Å². The van der Waals surface area contributed by atoms with Gasteiger partial charge in [0.1, 0.15) is 5.78 Å². The van der Waals surface area contributed by atoms with Crippen LogP contribution in [0.5, 0.6) is 0 Å². The summed E-state index contributed by atoms with van der Waals surface area (Å²) < 4.78 is 1.84. The zero-order chi connectivity index (χ0) is 12.4. The van der Waals surface area contributed by atoms with Crippen LogP contribution in [0, 0.1) is 12.8 Å². The lowest BCUT2D eigenvalue weighted by atomic mass is 10.00. The molecule has 0 spiro atoms. The monoisotopic (exact) mass is 272 g/mol. The van der Waals surface area contributed by atoms with Crippen LogP contribution in [0.2, 0.25) is 5.02 Å². The minimum Gasteiger partial charge on any atom is -0.299 e. The third-order valence-electron chi connectivity index (χ3n) is 3.18. The molecule has 0 saturated carbocycles. The van der Waals surface area contributed by atoms with E-state index in [2.05, 4.69) is 5.10 Å². The number of Topliss-reactive ketones (excluding diaryl/α,β-unsaturated/α-hetero) is 1. The minimum atomic E-state index is 0.219. The van der Waals surface area contributed by atoms with Crippen molar-refractivity contribution in [2.75, 3.05) is 11.5 Å². The Bertz CT molecular complexity index is 424. The van der Waals surface area contributed by atoms with Gasteiger partial charge in [-0.3, -0.25) is 9.48 Å². The van der Waals surface area contributed by atoms with Crippen LogP contribution in [0.4, 0.5) is 0 Å². The Morgan fingerprint density at radius 3 is 3.00 bits per heavy atom. The lowest BCUT2D eigenvalue weighted by molar-refractivity contribution is -0.121. The van der Waals surface area contributed by atoms with Crippen molar-refractivity contribution in [3.63, 3.8) is 0 Å². The number of thioether (sulfide) groups is 1. The molecule has 1 fully saturated rings. The average Bonchev–Trinajstić information content (AvgIpc) is 2.92. The van der Waals surface area contributed by atoms with Crippen LogP contribution in [0.3, 0.4) is 0 Å². The first-order valence-corrected chi connectivity index (χ1v) is 7.49. The second-order valence-corrected chi connectivity index (χ2v) is 5.89. The Kier molecular flexibility index (Phi) is 4.15. The summed E-state index contributed by atoms with van der Waals surface area (Å²) in [5.74, 6) is 2.61. The van der Waals surface area contributed by atoms with Gasteiger partial charge in [0.15, 0.2) is 0 Å². The van der Waals surface area contributed by atoms with Gasteiger partial charge >= 0.3 is 0 Å². The first kappa shape index (κ1) is 13.0. The summed E-state index contributed by atoms with van der Waals surface area (Å²) in [6.45, 7) is 4.66. The summed E-state index contributed by atoms with van der Waals surface area (Å²) in [7, 11) is 0. The number of carbonyl (C=O) groups is 1. The van der Waals surface area contributed by atoms with Gasteiger partial charge in [0.25, 0.3) is 0 Å². The van der Waals surface area contributed by atoms with Crippen LogP contribution in [0.15, 0.2) is 0 Å². The molecule has 0 N–H and O–H groups in total. The lowest BCUT2D eigenvalue weighted by Gasteiger charge is -2.08. The van der Waals surface area contributed by atoms with Crippen LogP contribution in [-0.2, 0) is 17.8 Å². The number of carbonyl (C=O) groups excluding carboxylic acids is 1. The molecule has 0 bridgehead atoms.